The molecule has 0 saturated heterocycles. The van der Waals surface area contributed by atoms with Gasteiger partial charge in [0.2, 0.25) is 0 Å². The molecule has 0 aliphatic heterocycles. The first-order valence-corrected chi connectivity index (χ1v) is 4.09. The molecule has 0 aliphatic carbocycles. The molecule has 1 heterocycles. The number of nitrogens with one attached hydrogen (secondary N) is 1. The Morgan fingerprint density at radius 1 is 1.21 bits per heavy atom. The summed E-state index contributed by atoms with van der Waals surface area (Å²) in [6, 6.07) is 0. The molecule has 5 heteroatoms. The number of nitrogens with zero attached hydrogens (tertiary/aromatic N) is 1. The van der Waals surface area contributed by atoms with Crippen LogP contribution in [-0.4, -0.2) is 12.0 Å². The Kier molecular flexibility index (Phi) is 2.69. The predicted molar refractivity (Wildman–Crippen MR) is 48.3 cm³/mol. The Bertz CT molecular complexity index is 345. The van der Waals surface area contributed by atoms with Gasteiger partial charge in [0.15, 0.2) is 0 Å². The van der Waals surface area contributed by atoms with Crippen molar-refractivity contribution in [2.45, 2.75) is 20.0 Å². The van der Waals surface area contributed by atoms with Crippen molar-refractivity contribution in [1.29, 1.82) is 0 Å². The molecule has 0 bridgehead atoms. The molecule has 14 heavy (non-hydrogen) atoms. The number of hydrogen-bond donors (Lipinski definition) is 1. The summed E-state index contributed by atoms with van der Waals surface area (Å²) in [7, 11) is 1.63. The Morgan fingerprint density at radius 3 is 2.21 bits per heavy atom. The van der Waals surface area contributed by atoms with Crippen LogP contribution < -0.4 is 5.32 Å². The van der Waals surface area contributed by atoms with E-state index in [0.29, 0.717) is 11.4 Å². The molecular weight excluding hydrogens is 193 g/mol. The van der Waals surface area contributed by atoms with Gasteiger partial charge in [-0.05, 0) is 25.0 Å². The first kappa shape index (κ1) is 10.8. The summed E-state index contributed by atoms with van der Waals surface area (Å²) < 4.78 is 37.2. The van der Waals surface area contributed by atoms with E-state index in [9.17, 15) is 13.2 Å². The molecule has 1 aromatic rings. The fraction of sp³-hybridized carbons (Fsp3) is 0.444. The lowest BCUT2D eigenvalue weighted by atomic mass is 10.1. The fourth-order valence-corrected chi connectivity index (χ4v) is 1.24. The molecule has 0 spiro atoms. The third-order valence-corrected chi connectivity index (χ3v) is 2.19. The molecule has 2 nitrogen and oxygen atoms in total. The van der Waals surface area contributed by atoms with Crippen LogP contribution in [0.4, 0.5) is 19.0 Å². The summed E-state index contributed by atoms with van der Waals surface area (Å²) >= 11 is 0. The highest BCUT2D eigenvalue weighted by molar-refractivity contribution is 5.49. The van der Waals surface area contributed by atoms with E-state index < -0.39 is 11.7 Å². The molecule has 1 rings (SSSR count). The summed E-state index contributed by atoms with van der Waals surface area (Å²) in [4.78, 5) is 3.69. The molecule has 78 valence electrons. The first-order chi connectivity index (χ1) is 6.38. The van der Waals surface area contributed by atoms with E-state index in [1.807, 2.05) is 0 Å². The van der Waals surface area contributed by atoms with E-state index in [-0.39, 0.29) is 5.56 Å². The van der Waals surface area contributed by atoms with Crippen LogP contribution in [0, 0.1) is 13.8 Å². The van der Waals surface area contributed by atoms with Gasteiger partial charge in [-0.3, -0.25) is 0 Å². The highest BCUT2D eigenvalue weighted by Gasteiger charge is 2.33. The normalized spacial score (nSPS) is 11.6. The maximum atomic E-state index is 12.4. The second-order valence-electron chi connectivity index (χ2n) is 3.02. The minimum absolute atomic E-state index is 0.219. The quantitative estimate of drug-likeness (QED) is 0.760. The Hall–Kier alpha value is -1.26. The summed E-state index contributed by atoms with van der Waals surface area (Å²) in [5.41, 5.74) is 0.0770. The number of hydrogen-bond acceptors (Lipinski definition) is 2. The summed E-state index contributed by atoms with van der Waals surface area (Å²) in [6.07, 6.45) is -3.47. The zero-order valence-electron chi connectivity index (χ0n) is 8.16. The molecule has 0 saturated carbocycles. The lowest BCUT2D eigenvalue weighted by Crippen LogP contribution is -2.10. The number of halogens is 3. The van der Waals surface area contributed by atoms with Crippen molar-refractivity contribution >= 4 is 5.82 Å². The van der Waals surface area contributed by atoms with E-state index in [1.165, 1.54) is 6.92 Å². The van der Waals surface area contributed by atoms with Crippen LogP contribution in [0.3, 0.4) is 0 Å². The van der Waals surface area contributed by atoms with Gasteiger partial charge in [-0.15, -0.1) is 0 Å². The standard InChI is InChI=1S/C9H11F3N2/c1-5-6(2)8(13-3)14-4-7(5)9(10,11)12/h4H,1-3H3,(H,13,14). The van der Waals surface area contributed by atoms with Gasteiger partial charge in [0.05, 0.1) is 5.56 Å². The Labute approximate surface area is 80.2 Å². The third-order valence-electron chi connectivity index (χ3n) is 2.19. The molecule has 0 amide bonds. The van der Waals surface area contributed by atoms with Crippen molar-refractivity contribution in [3.05, 3.63) is 22.9 Å². The Morgan fingerprint density at radius 2 is 1.79 bits per heavy atom. The number of anilines is 1. The van der Waals surface area contributed by atoms with Gasteiger partial charge in [-0.25, -0.2) is 4.98 Å². The topological polar surface area (TPSA) is 24.9 Å². The molecular formula is C9H11F3N2. The van der Waals surface area contributed by atoms with Gasteiger partial charge >= 0.3 is 6.18 Å². The SMILES string of the molecule is CNc1ncc(C(F)(F)F)c(C)c1C. The second-order valence-corrected chi connectivity index (χ2v) is 3.02. The highest BCUT2D eigenvalue weighted by atomic mass is 19.4. The zero-order chi connectivity index (χ0) is 10.9. The molecule has 1 N–H and O–H groups in total. The summed E-state index contributed by atoms with van der Waals surface area (Å²) in [6.45, 7) is 3.06. The largest absolute Gasteiger partial charge is 0.418 e. The van der Waals surface area contributed by atoms with Gasteiger partial charge in [-0.1, -0.05) is 0 Å². The molecule has 0 unspecified atom stereocenters. The van der Waals surface area contributed by atoms with Gasteiger partial charge in [0, 0.05) is 13.2 Å². The minimum Gasteiger partial charge on any atom is -0.373 e. The van der Waals surface area contributed by atoms with E-state index in [4.69, 9.17) is 0 Å². The smallest absolute Gasteiger partial charge is 0.373 e. The number of alkyl halides is 3. The van der Waals surface area contributed by atoms with Gasteiger partial charge in [0.1, 0.15) is 5.82 Å². The molecule has 0 radical (unpaired) electrons. The van der Waals surface area contributed by atoms with E-state index >= 15 is 0 Å². The Balaban J connectivity index is 3.31. The van der Waals surface area contributed by atoms with Gasteiger partial charge in [-0.2, -0.15) is 13.2 Å². The maximum Gasteiger partial charge on any atom is 0.418 e. The van der Waals surface area contributed by atoms with Crippen molar-refractivity contribution in [3.63, 3.8) is 0 Å². The monoisotopic (exact) mass is 204 g/mol. The molecule has 0 atom stereocenters. The summed E-state index contributed by atoms with van der Waals surface area (Å²) in [5, 5.41) is 2.74. The fourth-order valence-electron chi connectivity index (χ4n) is 1.24. The third kappa shape index (κ3) is 1.81. The van der Waals surface area contributed by atoms with Crippen LogP contribution in [0.5, 0.6) is 0 Å². The van der Waals surface area contributed by atoms with Crippen molar-refractivity contribution in [3.8, 4) is 0 Å². The lowest BCUT2D eigenvalue weighted by molar-refractivity contribution is -0.138. The van der Waals surface area contributed by atoms with Crippen molar-refractivity contribution in [2.75, 3.05) is 12.4 Å². The molecule has 1 aromatic heterocycles. The minimum atomic E-state index is -4.33. The lowest BCUT2D eigenvalue weighted by Gasteiger charge is -2.13. The number of pyridine rings is 1. The van der Waals surface area contributed by atoms with Crippen LogP contribution >= 0.6 is 0 Å². The molecule has 0 aromatic carbocycles. The van der Waals surface area contributed by atoms with Crippen molar-refractivity contribution in [1.82, 2.24) is 4.98 Å². The average molecular weight is 204 g/mol. The maximum absolute atomic E-state index is 12.4. The predicted octanol–water partition coefficient (Wildman–Crippen LogP) is 2.76. The van der Waals surface area contributed by atoms with Crippen LogP contribution in [0.1, 0.15) is 16.7 Å². The van der Waals surface area contributed by atoms with E-state index in [2.05, 4.69) is 10.3 Å². The van der Waals surface area contributed by atoms with E-state index in [1.54, 1.807) is 14.0 Å². The highest BCUT2D eigenvalue weighted by Crippen LogP contribution is 2.33. The number of rotatable bonds is 1. The van der Waals surface area contributed by atoms with Crippen molar-refractivity contribution in [2.24, 2.45) is 0 Å². The zero-order valence-corrected chi connectivity index (χ0v) is 8.16. The van der Waals surface area contributed by atoms with Crippen LogP contribution in [-0.2, 0) is 6.18 Å². The summed E-state index contributed by atoms with van der Waals surface area (Å²) in [5.74, 6) is 0.482. The molecule has 0 fully saturated rings. The van der Waals surface area contributed by atoms with Crippen molar-refractivity contribution < 1.29 is 13.2 Å². The van der Waals surface area contributed by atoms with Gasteiger partial charge in [0.25, 0.3) is 0 Å². The second kappa shape index (κ2) is 3.48. The first-order valence-electron chi connectivity index (χ1n) is 4.09. The molecule has 0 aliphatic rings. The van der Waals surface area contributed by atoms with Crippen LogP contribution in [0.25, 0.3) is 0 Å². The van der Waals surface area contributed by atoms with Crippen LogP contribution in [0.2, 0.25) is 0 Å². The van der Waals surface area contributed by atoms with Crippen LogP contribution in [0.15, 0.2) is 6.20 Å². The van der Waals surface area contributed by atoms with E-state index in [0.717, 1.165) is 6.20 Å². The number of aromatic nitrogens is 1. The van der Waals surface area contributed by atoms with Gasteiger partial charge < -0.3 is 5.32 Å². The average Bonchev–Trinajstić information content (AvgIpc) is 2.07.